The molecule has 2 N–H and O–H groups in total. The molecular formula is C14H16N4O2S. The second-order valence-electron chi connectivity index (χ2n) is 4.96. The van der Waals surface area contributed by atoms with E-state index in [9.17, 15) is 4.79 Å². The van der Waals surface area contributed by atoms with Crippen molar-refractivity contribution in [3.05, 3.63) is 33.7 Å². The van der Waals surface area contributed by atoms with Gasteiger partial charge in [-0.1, -0.05) is 0 Å². The van der Waals surface area contributed by atoms with Crippen LogP contribution >= 0.6 is 11.3 Å². The minimum absolute atomic E-state index is 0.120. The molecule has 0 aromatic carbocycles. The van der Waals surface area contributed by atoms with Gasteiger partial charge < -0.3 is 10.4 Å². The third kappa shape index (κ3) is 3.18. The van der Waals surface area contributed by atoms with Gasteiger partial charge in [0.25, 0.3) is 0 Å². The van der Waals surface area contributed by atoms with Crippen molar-refractivity contribution in [2.45, 2.75) is 32.1 Å². The second-order valence-corrected chi connectivity index (χ2v) is 5.91. The summed E-state index contributed by atoms with van der Waals surface area (Å²) in [4.78, 5) is 23.5. The Balaban J connectivity index is 1.61. The van der Waals surface area contributed by atoms with Crippen LogP contribution in [0.5, 0.6) is 0 Å². The van der Waals surface area contributed by atoms with Crippen molar-refractivity contribution >= 4 is 23.1 Å². The van der Waals surface area contributed by atoms with Gasteiger partial charge in [0.1, 0.15) is 12.1 Å². The summed E-state index contributed by atoms with van der Waals surface area (Å²) in [6.45, 7) is 0.691. The molecule has 1 aliphatic rings. The topological polar surface area (TPSA) is 88.0 Å². The van der Waals surface area contributed by atoms with Gasteiger partial charge in [-0.25, -0.2) is 19.7 Å². The number of aromatic nitrogens is 3. The molecule has 0 fully saturated rings. The van der Waals surface area contributed by atoms with Crippen molar-refractivity contribution in [3.8, 4) is 0 Å². The lowest BCUT2D eigenvalue weighted by molar-refractivity contribution is 0.0691. The van der Waals surface area contributed by atoms with E-state index < -0.39 is 5.97 Å². The van der Waals surface area contributed by atoms with Gasteiger partial charge in [-0.3, -0.25) is 0 Å². The number of nitrogens with zero attached hydrogens (tertiary/aromatic N) is 3. The molecule has 0 saturated heterocycles. The molecule has 0 spiro atoms. The standard InChI is InChI=1S/C14H16N4O2S/c19-14(20)11-7-21-12(18-11)5-6-15-13-9-3-1-2-4-10(9)16-8-17-13/h7-8H,1-6H2,(H,19,20)(H,15,16,17). The van der Waals surface area contributed by atoms with E-state index in [4.69, 9.17) is 5.11 Å². The molecule has 0 atom stereocenters. The van der Waals surface area contributed by atoms with Gasteiger partial charge >= 0.3 is 5.97 Å². The van der Waals surface area contributed by atoms with E-state index in [0.717, 1.165) is 29.4 Å². The Morgan fingerprint density at radius 1 is 1.33 bits per heavy atom. The van der Waals surface area contributed by atoms with Gasteiger partial charge in [0, 0.05) is 29.6 Å². The number of aryl methyl sites for hydroxylation is 1. The van der Waals surface area contributed by atoms with Crippen molar-refractivity contribution < 1.29 is 9.90 Å². The van der Waals surface area contributed by atoms with Crippen molar-refractivity contribution in [1.82, 2.24) is 15.0 Å². The third-order valence-corrected chi connectivity index (χ3v) is 4.44. The number of hydrogen-bond donors (Lipinski definition) is 2. The number of thiazole rings is 1. The van der Waals surface area contributed by atoms with Crippen molar-refractivity contribution in [2.75, 3.05) is 11.9 Å². The summed E-state index contributed by atoms with van der Waals surface area (Å²) in [5.41, 5.74) is 2.50. The molecule has 0 aliphatic heterocycles. The summed E-state index contributed by atoms with van der Waals surface area (Å²) in [6.07, 6.45) is 6.74. The quantitative estimate of drug-likeness (QED) is 0.880. The van der Waals surface area contributed by atoms with E-state index in [1.807, 2.05) is 0 Å². The fourth-order valence-corrected chi connectivity index (χ4v) is 3.26. The molecule has 0 unspecified atom stereocenters. The van der Waals surface area contributed by atoms with Crippen LogP contribution in [-0.2, 0) is 19.3 Å². The maximum atomic E-state index is 10.8. The van der Waals surface area contributed by atoms with Crippen LogP contribution in [0.3, 0.4) is 0 Å². The predicted molar refractivity (Wildman–Crippen MR) is 79.9 cm³/mol. The zero-order valence-electron chi connectivity index (χ0n) is 11.5. The average Bonchev–Trinajstić information content (AvgIpc) is 2.97. The SMILES string of the molecule is O=C(O)c1csc(CCNc2ncnc3c2CCCC3)n1. The van der Waals surface area contributed by atoms with Crippen LogP contribution in [0.15, 0.2) is 11.7 Å². The van der Waals surface area contributed by atoms with Gasteiger partial charge in [-0.05, 0) is 25.7 Å². The van der Waals surface area contributed by atoms with E-state index >= 15 is 0 Å². The summed E-state index contributed by atoms with van der Waals surface area (Å²) in [5.74, 6) is -0.0648. The molecule has 2 aromatic heterocycles. The molecule has 2 heterocycles. The number of fused-ring (bicyclic) bond motifs is 1. The van der Waals surface area contributed by atoms with Gasteiger partial charge in [0.15, 0.2) is 5.69 Å². The monoisotopic (exact) mass is 304 g/mol. The maximum Gasteiger partial charge on any atom is 0.355 e. The van der Waals surface area contributed by atoms with Crippen LogP contribution in [0.4, 0.5) is 5.82 Å². The predicted octanol–water partition coefficient (Wildman–Crippen LogP) is 2.16. The summed E-state index contributed by atoms with van der Waals surface area (Å²) in [7, 11) is 0. The Hall–Kier alpha value is -2.02. The van der Waals surface area contributed by atoms with E-state index in [1.165, 1.54) is 29.7 Å². The molecule has 1 aliphatic carbocycles. The summed E-state index contributed by atoms with van der Waals surface area (Å²) in [6, 6.07) is 0. The fourth-order valence-electron chi connectivity index (χ4n) is 2.49. The smallest absolute Gasteiger partial charge is 0.355 e. The van der Waals surface area contributed by atoms with Gasteiger partial charge in [-0.2, -0.15) is 0 Å². The summed E-state index contributed by atoms with van der Waals surface area (Å²) < 4.78 is 0. The largest absolute Gasteiger partial charge is 0.476 e. The van der Waals surface area contributed by atoms with E-state index in [0.29, 0.717) is 13.0 Å². The van der Waals surface area contributed by atoms with E-state index in [1.54, 1.807) is 11.7 Å². The van der Waals surface area contributed by atoms with Crippen LogP contribution in [-0.4, -0.2) is 32.6 Å². The Bertz CT molecular complexity index is 656. The Morgan fingerprint density at radius 3 is 3.00 bits per heavy atom. The lowest BCUT2D eigenvalue weighted by Crippen LogP contribution is -2.13. The molecule has 0 saturated carbocycles. The van der Waals surface area contributed by atoms with Gasteiger partial charge in [-0.15, -0.1) is 11.3 Å². The first-order valence-electron chi connectivity index (χ1n) is 6.98. The van der Waals surface area contributed by atoms with Crippen molar-refractivity contribution in [3.63, 3.8) is 0 Å². The first kappa shape index (κ1) is 13.9. The molecule has 0 amide bonds. The summed E-state index contributed by atoms with van der Waals surface area (Å²) >= 11 is 1.38. The highest BCUT2D eigenvalue weighted by molar-refractivity contribution is 7.09. The van der Waals surface area contributed by atoms with E-state index in [2.05, 4.69) is 20.3 Å². The number of anilines is 1. The Labute approximate surface area is 126 Å². The Kier molecular flexibility index (Phi) is 4.10. The highest BCUT2D eigenvalue weighted by atomic mass is 32.1. The van der Waals surface area contributed by atoms with Crippen molar-refractivity contribution in [1.29, 1.82) is 0 Å². The maximum absolute atomic E-state index is 10.8. The number of carbonyl (C=O) groups is 1. The second kappa shape index (κ2) is 6.17. The molecule has 0 bridgehead atoms. The zero-order valence-corrected chi connectivity index (χ0v) is 12.3. The summed E-state index contributed by atoms with van der Waals surface area (Å²) in [5, 5.41) is 14.6. The lowest BCUT2D eigenvalue weighted by atomic mass is 9.96. The van der Waals surface area contributed by atoms with E-state index in [-0.39, 0.29) is 5.69 Å². The lowest BCUT2D eigenvalue weighted by Gasteiger charge is -2.17. The number of nitrogens with one attached hydrogen (secondary N) is 1. The molecule has 7 heteroatoms. The Morgan fingerprint density at radius 2 is 2.19 bits per heavy atom. The first-order valence-corrected chi connectivity index (χ1v) is 7.86. The van der Waals surface area contributed by atoms with Gasteiger partial charge in [0.05, 0.1) is 5.01 Å². The van der Waals surface area contributed by atoms with Crippen molar-refractivity contribution in [2.24, 2.45) is 0 Å². The zero-order chi connectivity index (χ0) is 14.7. The molecular weight excluding hydrogens is 288 g/mol. The average molecular weight is 304 g/mol. The van der Waals surface area contributed by atoms with Crippen LogP contribution < -0.4 is 5.32 Å². The number of carboxylic acids is 1. The number of hydrogen-bond acceptors (Lipinski definition) is 6. The van der Waals surface area contributed by atoms with Crippen LogP contribution in [0.25, 0.3) is 0 Å². The van der Waals surface area contributed by atoms with Crippen LogP contribution in [0.2, 0.25) is 0 Å². The molecule has 6 nitrogen and oxygen atoms in total. The molecule has 3 rings (SSSR count). The first-order chi connectivity index (χ1) is 10.2. The highest BCUT2D eigenvalue weighted by Crippen LogP contribution is 2.24. The highest BCUT2D eigenvalue weighted by Gasteiger charge is 2.15. The molecule has 0 radical (unpaired) electrons. The molecule has 2 aromatic rings. The normalized spacial score (nSPS) is 13.7. The van der Waals surface area contributed by atoms with Crippen LogP contribution in [0, 0.1) is 0 Å². The van der Waals surface area contributed by atoms with Crippen LogP contribution in [0.1, 0.15) is 39.6 Å². The molecule has 21 heavy (non-hydrogen) atoms. The third-order valence-electron chi connectivity index (χ3n) is 3.53. The fraction of sp³-hybridized carbons (Fsp3) is 0.429. The number of carboxylic acid groups (broad SMARTS) is 1. The number of rotatable bonds is 5. The van der Waals surface area contributed by atoms with Gasteiger partial charge in [0.2, 0.25) is 0 Å². The minimum Gasteiger partial charge on any atom is -0.476 e. The minimum atomic E-state index is -0.977. The number of aromatic carboxylic acids is 1. The molecule has 110 valence electrons.